The van der Waals surface area contributed by atoms with Crippen LogP contribution in [0.25, 0.3) is 0 Å². The molecule has 0 aliphatic carbocycles. The largest absolute Gasteiger partial charge is 0.362 e. The van der Waals surface area contributed by atoms with Gasteiger partial charge in [0.1, 0.15) is 11.5 Å². The number of anilines is 1. The molecule has 2 N–H and O–H groups in total. The zero-order chi connectivity index (χ0) is 15.5. The molecule has 114 valence electrons. The van der Waals surface area contributed by atoms with E-state index in [1.165, 1.54) is 0 Å². The molecule has 0 aliphatic rings. The molecule has 2 aromatic heterocycles. The molecule has 0 radical (unpaired) electrons. The minimum atomic E-state index is -0.338. The second-order valence-electron chi connectivity index (χ2n) is 6.02. The number of nitrogens with one attached hydrogen (secondary N) is 2. The fourth-order valence-electron chi connectivity index (χ4n) is 1.78. The molecule has 0 saturated heterocycles. The molecular weight excluding hydrogens is 271 g/mol. The monoisotopic (exact) mass is 292 g/mol. The van der Waals surface area contributed by atoms with Gasteiger partial charge in [0.2, 0.25) is 0 Å². The van der Waals surface area contributed by atoms with Gasteiger partial charge in [-0.2, -0.15) is 0 Å². The summed E-state index contributed by atoms with van der Waals surface area (Å²) in [5, 5.41) is 10.1. The summed E-state index contributed by atoms with van der Waals surface area (Å²) in [6.07, 6.45) is 1.60. The number of rotatable bonds is 5. The molecule has 0 amide bonds. The van der Waals surface area contributed by atoms with E-state index in [2.05, 4.69) is 20.8 Å². The van der Waals surface area contributed by atoms with E-state index >= 15 is 0 Å². The number of pyridine rings is 1. The lowest BCUT2D eigenvalue weighted by Crippen LogP contribution is -2.35. The maximum Gasteiger partial charge on any atom is 0.169 e. The molecular formula is C15H21FN4O. The molecule has 0 fully saturated rings. The lowest BCUT2D eigenvalue weighted by Gasteiger charge is -2.21. The highest BCUT2D eigenvalue weighted by atomic mass is 19.1. The van der Waals surface area contributed by atoms with Gasteiger partial charge in [0.15, 0.2) is 11.6 Å². The average molecular weight is 292 g/mol. The standard InChI is InChI=1S/C15H21FN4O/c1-10-7-12(20-21-10)9-18-14-13(16)11(5-6-17-14)8-19-15(2,3)4/h5-7,19H,8-9H2,1-4H3,(H,17,18). The Morgan fingerprint density at radius 1 is 1.29 bits per heavy atom. The van der Waals surface area contributed by atoms with Crippen LogP contribution in [-0.4, -0.2) is 15.7 Å². The van der Waals surface area contributed by atoms with Gasteiger partial charge in [-0.15, -0.1) is 0 Å². The van der Waals surface area contributed by atoms with Crippen molar-refractivity contribution >= 4 is 5.82 Å². The summed E-state index contributed by atoms with van der Waals surface area (Å²) in [4.78, 5) is 4.03. The zero-order valence-electron chi connectivity index (χ0n) is 12.8. The maximum atomic E-state index is 14.3. The Bertz CT molecular complexity index is 604. The Balaban J connectivity index is 2.03. The molecule has 21 heavy (non-hydrogen) atoms. The maximum absolute atomic E-state index is 14.3. The minimum Gasteiger partial charge on any atom is -0.362 e. The van der Waals surface area contributed by atoms with Crippen molar-refractivity contribution in [1.82, 2.24) is 15.5 Å². The number of aryl methyl sites for hydroxylation is 1. The van der Waals surface area contributed by atoms with E-state index < -0.39 is 0 Å². The number of nitrogens with zero attached hydrogens (tertiary/aromatic N) is 2. The van der Waals surface area contributed by atoms with Gasteiger partial charge in [0, 0.05) is 29.9 Å². The number of hydrogen-bond acceptors (Lipinski definition) is 5. The van der Waals surface area contributed by atoms with Crippen molar-refractivity contribution in [2.75, 3.05) is 5.32 Å². The van der Waals surface area contributed by atoms with Gasteiger partial charge in [0.05, 0.1) is 6.54 Å². The van der Waals surface area contributed by atoms with Gasteiger partial charge in [0.25, 0.3) is 0 Å². The summed E-state index contributed by atoms with van der Waals surface area (Å²) in [5.74, 6) is 0.613. The molecule has 6 heteroatoms. The van der Waals surface area contributed by atoms with E-state index in [1.54, 1.807) is 18.3 Å². The first-order valence-corrected chi connectivity index (χ1v) is 6.89. The first-order valence-electron chi connectivity index (χ1n) is 6.89. The van der Waals surface area contributed by atoms with E-state index in [9.17, 15) is 4.39 Å². The molecule has 0 aliphatic heterocycles. The lowest BCUT2D eigenvalue weighted by atomic mass is 10.1. The van der Waals surface area contributed by atoms with Crippen molar-refractivity contribution in [3.05, 3.63) is 41.2 Å². The van der Waals surface area contributed by atoms with E-state index in [4.69, 9.17) is 4.52 Å². The summed E-state index contributed by atoms with van der Waals surface area (Å²) < 4.78 is 19.3. The van der Waals surface area contributed by atoms with Crippen molar-refractivity contribution in [3.8, 4) is 0 Å². The molecule has 2 rings (SSSR count). The minimum absolute atomic E-state index is 0.0679. The Morgan fingerprint density at radius 3 is 2.67 bits per heavy atom. The molecule has 0 aromatic carbocycles. The fourth-order valence-corrected chi connectivity index (χ4v) is 1.78. The van der Waals surface area contributed by atoms with Gasteiger partial charge in [-0.3, -0.25) is 0 Å². The van der Waals surface area contributed by atoms with E-state index in [1.807, 2.05) is 27.7 Å². The molecule has 2 aromatic rings. The second-order valence-corrected chi connectivity index (χ2v) is 6.02. The second kappa shape index (κ2) is 6.22. The van der Waals surface area contributed by atoms with Gasteiger partial charge in [-0.05, 0) is 33.8 Å². The summed E-state index contributed by atoms with van der Waals surface area (Å²) in [5.41, 5.74) is 1.23. The van der Waals surface area contributed by atoms with E-state index in [0.29, 0.717) is 24.3 Å². The summed E-state index contributed by atoms with van der Waals surface area (Å²) in [6, 6.07) is 3.48. The van der Waals surface area contributed by atoms with Crippen molar-refractivity contribution in [1.29, 1.82) is 0 Å². The molecule has 0 atom stereocenters. The topological polar surface area (TPSA) is 63.0 Å². The van der Waals surface area contributed by atoms with Gasteiger partial charge < -0.3 is 15.2 Å². The highest BCUT2D eigenvalue weighted by Gasteiger charge is 2.13. The number of halogens is 1. The molecule has 5 nitrogen and oxygen atoms in total. The third-order valence-corrected chi connectivity index (χ3v) is 2.89. The van der Waals surface area contributed by atoms with Crippen LogP contribution in [0.4, 0.5) is 10.2 Å². The van der Waals surface area contributed by atoms with E-state index in [0.717, 1.165) is 5.76 Å². The smallest absolute Gasteiger partial charge is 0.169 e. The number of hydrogen-bond donors (Lipinski definition) is 2. The van der Waals surface area contributed by atoms with Crippen LogP contribution < -0.4 is 10.6 Å². The first kappa shape index (κ1) is 15.4. The van der Waals surface area contributed by atoms with Crippen LogP contribution >= 0.6 is 0 Å². The highest BCUT2D eigenvalue weighted by Crippen LogP contribution is 2.17. The Morgan fingerprint density at radius 2 is 2.05 bits per heavy atom. The molecule has 0 bridgehead atoms. The lowest BCUT2D eigenvalue weighted by molar-refractivity contribution is 0.391. The molecule has 0 spiro atoms. The predicted octanol–water partition coefficient (Wildman–Crippen LogP) is 3.02. The van der Waals surface area contributed by atoms with Gasteiger partial charge >= 0.3 is 0 Å². The normalized spacial score (nSPS) is 11.7. The van der Waals surface area contributed by atoms with Crippen LogP contribution in [-0.2, 0) is 13.1 Å². The quantitative estimate of drug-likeness (QED) is 0.887. The van der Waals surface area contributed by atoms with Crippen LogP contribution in [0.2, 0.25) is 0 Å². The van der Waals surface area contributed by atoms with Crippen LogP contribution in [0.3, 0.4) is 0 Å². The van der Waals surface area contributed by atoms with Crippen molar-refractivity contribution in [3.63, 3.8) is 0 Å². The fraction of sp³-hybridized carbons (Fsp3) is 0.467. The van der Waals surface area contributed by atoms with Crippen LogP contribution in [0.5, 0.6) is 0 Å². The van der Waals surface area contributed by atoms with Crippen molar-refractivity contribution in [2.24, 2.45) is 0 Å². The number of aromatic nitrogens is 2. The predicted molar refractivity (Wildman–Crippen MR) is 79.4 cm³/mol. The zero-order valence-corrected chi connectivity index (χ0v) is 12.8. The van der Waals surface area contributed by atoms with Crippen LogP contribution in [0.15, 0.2) is 22.9 Å². The van der Waals surface area contributed by atoms with Crippen LogP contribution in [0, 0.1) is 12.7 Å². The highest BCUT2D eigenvalue weighted by molar-refractivity contribution is 5.40. The van der Waals surface area contributed by atoms with Gasteiger partial charge in [-0.25, -0.2) is 9.37 Å². The summed E-state index contributed by atoms with van der Waals surface area (Å²) >= 11 is 0. The third-order valence-electron chi connectivity index (χ3n) is 2.89. The Hall–Kier alpha value is -1.95. The third kappa shape index (κ3) is 4.53. The van der Waals surface area contributed by atoms with E-state index in [-0.39, 0.29) is 17.2 Å². The average Bonchev–Trinajstić information content (AvgIpc) is 2.81. The first-order chi connectivity index (χ1) is 9.85. The van der Waals surface area contributed by atoms with Crippen molar-refractivity contribution < 1.29 is 8.91 Å². The Labute approximate surface area is 123 Å². The van der Waals surface area contributed by atoms with Gasteiger partial charge in [-0.1, -0.05) is 5.16 Å². The van der Waals surface area contributed by atoms with Crippen LogP contribution in [0.1, 0.15) is 37.8 Å². The van der Waals surface area contributed by atoms with Crippen molar-refractivity contribution in [2.45, 2.75) is 46.3 Å². The molecule has 0 saturated carbocycles. The summed E-state index contributed by atoms with van der Waals surface area (Å²) in [7, 11) is 0. The SMILES string of the molecule is Cc1cc(CNc2nccc(CNC(C)(C)C)c2F)no1. The molecule has 2 heterocycles. The summed E-state index contributed by atoms with van der Waals surface area (Å²) in [6.45, 7) is 8.76. The Kier molecular flexibility index (Phi) is 4.57. The molecule has 0 unspecified atom stereocenters.